The van der Waals surface area contributed by atoms with Crippen molar-refractivity contribution in [2.45, 2.75) is 65.4 Å². The minimum atomic E-state index is -0.185. The lowest BCUT2D eigenvalue weighted by Gasteiger charge is -2.54. The van der Waals surface area contributed by atoms with E-state index in [4.69, 9.17) is 0 Å². The van der Waals surface area contributed by atoms with Gasteiger partial charge in [0.2, 0.25) is 0 Å². The molecule has 2 nitrogen and oxygen atoms in total. The molecule has 0 heterocycles. The maximum Gasteiger partial charge on any atom is 0.138 e. The van der Waals surface area contributed by atoms with Crippen LogP contribution in [0.2, 0.25) is 0 Å². The SMILES string of the molecule is CC1(C)C[C@@H](O)[C@@]23CCC(=O)[C@@](C)(CC[C@H]12)C3. The van der Waals surface area contributed by atoms with Gasteiger partial charge in [-0.3, -0.25) is 4.79 Å². The van der Waals surface area contributed by atoms with Gasteiger partial charge in [-0.25, -0.2) is 0 Å². The van der Waals surface area contributed by atoms with E-state index < -0.39 is 0 Å². The Bertz CT molecular complexity index is 373. The van der Waals surface area contributed by atoms with Crippen LogP contribution in [0, 0.1) is 22.2 Å². The van der Waals surface area contributed by atoms with Gasteiger partial charge in [-0.05, 0) is 43.4 Å². The Balaban J connectivity index is 2.03. The molecule has 17 heavy (non-hydrogen) atoms. The largest absolute Gasteiger partial charge is 0.393 e. The summed E-state index contributed by atoms with van der Waals surface area (Å²) in [6.07, 6.45) is 5.46. The topological polar surface area (TPSA) is 37.3 Å². The van der Waals surface area contributed by atoms with Crippen LogP contribution < -0.4 is 0 Å². The Hall–Kier alpha value is -0.370. The Labute approximate surface area is 104 Å². The molecule has 3 aliphatic rings. The van der Waals surface area contributed by atoms with E-state index in [2.05, 4.69) is 20.8 Å². The third kappa shape index (κ3) is 1.34. The van der Waals surface area contributed by atoms with Crippen molar-refractivity contribution in [2.75, 3.05) is 0 Å². The molecule has 4 atom stereocenters. The van der Waals surface area contributed by atoms with Crippen molar-refractivity contribution in [3.8, 4) is 0 Å². The van der Waals surface area contributed by atoms with Gasteiger partial charge in [0.15, 0.2) is 0 Å². The van der Waals surface area contributed by atoms with Gasteiger partial charge in [0.25, 0.3) is 0 Å². The molecule has 96 valence electrons. The minimum Gasteiger partial charge on any atom is -0.393 e. The third-order valence-corrected chi connectivity index (χ3v) is 6.22. The molecule has 1 N–H and O–H groups in total. The molecule has 0 aromatic heterocycles. The molecule has 3 fully saturated rings. The summed E-state index contributed by atoms with van der Waals surface area (Å²) in [5.74, 6) is 1.06. The van der Waals surface area contributed by atoms with Crippen LogP contribution in [0.25, 0.3) is 0 Å². The predicted molar refractivity (Wildman–Crippen MR) is 66.5 cm³/mol. The first-order chi connectivity index (χ1) is 7.80. The number of Topliss-reactive ketones (excluding diaryl/α,β-unsaturated/α-hetero) is 1. The van der Waals surface area contributed by atoms with E-state index in [0.717, 1.165) is 32.1 Å². The predicted octanol–water partition coefficient (Wildman–Crippen LogP) is 2.93. The third-order valence-electron chi connectivity index (χ3n) is 6.22. The first kappa shape index (κ1) is 11.7. The summed E-state index contributed by atoms with van der Waals surface area (Å²) in [6, 6.07) is 0. The van der Waals surface area contributed by atoms with E-state index in [1.54, 1.807) is 0 Å². The Kier molecular flexibility index (Phi) is 2.16. The second-order valence-corrected chi connectivity index (χ2v) is 7.69. The Morgan fingerprint density at radius 3 is 2.65 bits per heavy atom. The van der Waals surface area contributed by atoms with Gasteiger partial charge in [0.05, 0.1) is 6.10 Å². The molecule has 0 saturated heterocycles. The summed E-state index contributed by atoms with van der Waals surface area (Å²) < 4.78 is 0. The number of rotatable bonds is 0. The van der Waals surface area contributed by atoms with E-state index in [1.807, 2.05) is 0 Å². The van der Waals surface area contributed by atoms with Gasteiger partial charge in [-0.2, -0.15) is 0 Å². The second kappa shape index (κ2) is 3.14. The molecule has 2 bridgehead atoms. The summed E-state index contributed by atoms with van der Waals surface area (Å²) in [4.78, 5) is 12.1. The fraction of sp³-hybridized carbons (Fsp3) is 0.933. The molecule has 3 aliphatic carbocycles. The monoisotopic (exact) mass is 236 g/mol. The van der Waals surface area contributed by atoms with Crippen molar-refractivity contribution < 1.29 is 9.90 Å². The molecule has 0 aromatic carbocycles. The standard InChI is InChI=1S/C15H24O2/c1-13(2)8-12(17)15-7-5-11(16)14(3,9-15)6-4-10(13)15/h10,12,17H,4-9H2,1-3H3/t10-,12-,14+,15-/m1/s1. The average molecular weight is 236 g/mol. The molecule has 2 heteroatoms. The molecule has 0 aliphatic heterocycles. The molecule has 0 radical (unpaired) electrons. The molecule has 0 unspecified atom stereocenters. The molecular weight excluding hydrogens is 212 g/mol. The zero-order valence-corrected chi connectivity index (χ0v) is 11.3. The maximum atomic E-state index is 12.1. The van der Waals surface area contributed by atoms with Crippen LogP contribution in [0.15, 0.2) is 0 Å². The van der Waals surface area contributed by atoms with E-state index >= 15 is 0 Å². The quantitative estimate of drug-likeness (QED) is 0.702. The van der Waals surface area contributed by atoms with Crippen molar-refractivity contribution in [3.63, 3.8) is 0 Å². The van der Waals surface area contributed by atoms with Crippen LogP contribution in [0.3, 0.4) is 0 Å². The van der Waals surface area contributed by atoms with Gasteiger partial charge in [0, 0.05) is 17.3 Å². The van der Waals surface area contributed by atoms with Crippen molar-refractivity contribution in [2.24, 2.45) is 22.2 Å². The van der Waals surface area contributed by atoms with Gasteiger partial charge >= 0.3 is 0 Å². The van der Waals surface area contributed by atoms with Crippen LogP contribution in [0.5, 0.6) is 0 Å². The van der Waals surface area contributed by atoms with Gasteiger partial charge in [-0.1, -0.05) is 20.8 Å². The van der Waals surface area contributed by atoms with Crippen LogP contribution in [-0.4, -0.2) is 17.0 Å². The summed E-state index contributed by atoms with van der Waals surface area (Å²) >= 11 is 0. The number of carbonyl (C=O) groups is 1. The highest BCUT2D eigenvalue weighted by Crippen LogP contribution is 2.67. The van der Waals surface area contributed by atoms with Gasteiger partial charge in [0.1, 0.15) is 5.78 Å². The molecule has 0 aromatic rings. The fourth-order valence-corrected chi connectivity index (χ4v) is 5.37. The first-order valence-corrected chi connectivity index (χ1v) is 7.02. The van der Waals surface area contributed by atoms with Gasteiger partial charge < -0.3 is 5.11 Å². The van der Waals surface area contributed by atoms with E-state index in [9.17, 15) is 9.90 Å². The summed E-state index contributed by atoms with van der Waals surface area (Å²) in [7, 11) is 0. The fourth-order valence-electron chi connectivity index (χ4n) is 5.37. The zero-order chi connectivity index (χ0) is 12.5. The van der Waals surface area contributed by atoms with Crippen molar-refractivity contribution in [3.05, 3.63) is 0 Å². The minimum absolute atomic E-state index is 0.0599. The number of ketones is 1. The normalized spacial score (nSPS) is 52.4. The zero-order valence-electron chi connectivity index (χ0n) is 11.3. The van der Waals surface area contributed by atoms with E-state index in [1.165, 1.54) is 0 Å². The smallest absolute Gasteiger partial charge is 0.138 e. The summed E-state index contributed by atoms with van der Waals surface area (Å²) in [6.45, 7) is 6.73. The molecule has 0 amide bonds. The molecule has 3 saturated carbocycles. The molecular formula is C15H24O2. The van der Waals surface area contributed by atoms with E-state index in [-0.39, 0.29) is 22.3 Å². The number of fused-ring (bicyclic) bond motifs is 1. The Morgan fingerprint density at radius 2 is 1.94 bits per heavy atom. The van der Waals surface area contributed by atoms with Crippen molar-refractivity contribution in [1.82, 2.24) is 0 Å². The number of hydrogen-bond donors (Lipinski definition) is 1. The van der Waals surface area contributed by atoms with Gasteiger partial charge in [-0.15, -0.1) is 0 Å². The van der Waals surface area contributed by atoms with Crippen LogP contribution in [0.4, 0.5) is 0 Å². The Morgan fingerprint density at radius 1 is 1.24 bits per heavy atom. The van der Waals surface area contributed by atoms with Crippen LogP contribution in [-0.2, 0) is 4.79 Å². The molecule has 1 spiro atoms. The highest BCUT2D eigenvalue weighted by Gasteiger charge is 2.64. The lowest BCUT2D eigenvalue weighted by Crippen LogP contribution is -2.52. The van der Waals surface area contributed by atoms with Crippen LogP contribution >= 0.6 is 0 Å². The number of aliphatic hydroxyl groups is 1. The number of carbonyl (C=O) groups excluding carboxylic acids is 1. The second-order valence-electron chi connectivity index (χ2n) is 7.69. The van der Waals surface area contributed by atoms with Crippen LogP contribution in [0.1, 0.15) is 59.3 Å². The van der Waals surface area contributed by atoms with Crippen molar-refractivity contribution in [1.29, 1.82) is 0 Å². The maximum absolute atomic E-state index is 12.1. The number of hydrogen-bond acceptors (Lipinski definition) is 2. The lowest BCUT2D eigenvalue weighted by atomic mass is 9.49. The van der Waals surface area contributed by atoms with E-state index in [0.29, 0.717) is 18.1 Å². The number of aliphatic hydroxyl groups excluding tert-OH is 1. The first-order valence-electron chi connectivity index (χ1n) is 7.02. The van der Waals surface area contributed by atoms with Crippen molar-refractivity contribution >= 4 is 5.78 Å². The highest BCUT2D eigenvalue weighted by atomic mass is 16.3. The summed E-state index contributed by atoms with van der Waals surface area (Å²) in [5, 5.41) is 10.6. The summed E-state index contributed by atoms with van der Waals surface area (Å²) in [5.41, 5.74) is 0.182. The lowest BCUT2D eigenvalue weighted by molar-refractivity contribution is -0.149. The average Bonchev–Trinajstić information content (AvgIpc) is 2.41. The molecule has 3 rings (SSSR count). The highest BCUT2D eigenvalue weighted by molar-refractivity contribution is 5.85.